The minimum Gasteiger partial charge on any atom is -0.349 e. The van der Waals surface area contributed by atoms with Gasteiger partial charge in [0.15, 0.2) is 0 Å². The molecule has 1 aromatic rings. The number of nitrogens with one attached hydrogen (secondary N) is 2. The Morgan fingerprint density at radius 3 is 2.35 bits per heavy atom. The molecule has 2 rings (SSSR count). The Morgan fingerprint density at radius 1 is 1.04 bits per heavy atom. The van der Waals surface area contributed by atoms with Crippen molar-refractivity contribution in [2.75, 3.05) is 39.5 Å². The van der Waals surface area contributed by atoms with Gasteiger partial charge in [0.1, 0.15) is 0 Å². The van der Waals surface area contributed by atoms with Gasteiger partial charge in [-0.15, -0.1) is 0 Å². The third-order valence-corrected chi connectivity index (χ3v) is 4.45. The highest BCUT2D eigenvalue weighted by atomic mass is 16.2. The van der Waals surface area contributed by atoms with Crippen molar-refractivity contribution in [1.29, 1.82) is 0 Å². The average Bonchev–Trinajstić information content (AvgIpc) is 3.07. The number of nitrogens with zero attached hydrogens (tertiary/aromatic N) is 2. The van der Waals surface area contributed by atoms with E-state index in [-0.39, 0.29) is 36.9 Å². The SMILES string of the molecule is CN(CC(=O)Nc1ccccc1C(=O)NC1CCCC1)CC(=O)N(C)C. The number of benzene rings is 1. The Morgan fingerprint density at radius 2 is 1.69 bits per heavy atom. The van der Waals surface area contributed by atoms with Gasteiger partial charge in [-0.3, -0.25) is 19.3 Å². The van der Waals surface area contributed by atoms with Crippen LogP contribution in [-0.2, 0) is 9.59 Å². The second-order valence-electron chi connectivity index (χ2n) is 7.01. The maximum absolute atomic E-state index is 12.5. The molecule has 0 aliphatic heterocycles. The molecule has 0 heterocycles. The highest BCUT2D eigenvalue weighted by Crippen LogP contribution is 2.20. The Labute approximate surface area is 154 Å². The van der Waals surface area contributed by atoms with E-state index in [4.69, 9.17) is 0 Å². The summed E-state index contributed by atoms with van der Waals surface area (Å²) in [5, 5.41) is 5.82. The number of amides is 3. The van der Waals surface area contributed by atoms with Crippen molar-refractivity contribution >= 4 is 23.4 Å². The lowest BCUT2D eigenvalue weighted by atomic mass is 10.1. The zero-order valence-electron chi connectivity index (χ0n) is 15.7. The molecular weight excluding hydrogens is 332 g/mol. The lowest BCUT2D eigenvalue weighted by molar-refractivity contribution is -0.130. The lowest BCUT2D eigenvalue weighted by Gasteiger charge is -2.19. The van der Waals surface area contributed by atoms with Crippen molar-refractivity contribution in [2.45, 2.75) is 31.7 Å². The standard InChI is InChI=1S/C19H28N4O3/c1-22(2)18(25)13-23(3)12-17(24)21-16-11-7-6-10-15(16)19(26)20-14-8-4-5-9-14/h6-7,10-11,14H,4-5,8-9,12-13H2,1-3H3,(H,20,26)(H,21,24). The monoisotopic (exact) mass is 360 g/mol. The van der Waals surface area contributed by atoms with E-state index in [2.05, 4.69) is 10.6 Å². The first kappa shape index (κ1) is 19.9. The van der Waals surface area contributed by atoms with Crippen LogP contribution in [0.25, 0.3) is 0 Å². The molecule has 3 amide bonds. The van der Waals surface area contributed by atoms with Crippen LogP contribution in [-0.4, -0.2) is 67.8 Å². The maximum Gasteiger partial charge on any atom is 0.253 e. The molecule has 1 aliphatic carbocycles. The van der Waals surface area contributed by atoms with Crippen LogP contribution in [0.1, 0.15) is 36.0 Å². The Balaban J connectivity index is 1.95. The third kappa shape index (κ3) is 5.84. The van der Waals surface area contributed by atoms with Crippen molar-refractivity contribution < 1.29 is 14.4 Å². The Hall–Kier alpha value is -2.41. The predicted octanol–water partition coefficient (Wildman–Crippen LogP) is 1.32. The molecule has 1 saturated carbocycles. The quantitative estimate of drug-likeness (QED) is 0.768. The van der Waals surface area contributed by atoms with Crippen LogP contribution in [0.4, 0.5) is 5.69 Å². The fraction of sp³-hybridized carbons (Fsp3) is 0.526. The highest BCUT2D eigenvalue weighted by molar-refractivity contribution is 6.04. The summed E-state index contributed by atoms with van der Waals surface area (Å²) in [7, 11) is 5.06. The summed E-state index contributed by atoms with van der Waals surface area (Å²) in [5.41, 5.74) is 0.945. The number of anilines is 1. The van der Waals surface area contributed by atoms with Gasteiger partial charge < -0.3 is 15.5 Å². The van der Waals surface area contributed by atoms with Crippen LogP contribution in [0.5, 0.6) is 0 Å². The van der Waals surface area contributed by atoms with Crippen molar-refractivity contribution in [3.05, 3.63) is 29.8 Å². The minimum absolute atomic E-state index is 0.0676. The number of rotatable bonds is 7. The van der Waals surface area contributed by atoms with Crippen molar-refractivity contribution in [1.82, 2.24) is 15.1 Å². The molecule has 0 bridgehead atoms. The molecule has 1 aliphatic rings. The number of likely N-dealkylation sites (N-methyl/N-ethyl adjacent to an activating group) is 2. The molecule has 26 heavy (non-hydrogen) atoms. The van der Waals surface area contributed by atoms with Gasteiger partial charge in [-0.2, -0.15) is 0 Å². The first-order valence-electron chi connectivity index (χ1n) is 8.95. The smallest absolute Gasteiger partial charge is 0.253 e. The van der Waals surface area contributed by atoms with Crippen LogP contribution in [0.2, 0.25) is 0 Å². The van der Waals surface area contributed by atoms with Gasteiger partial charge in [-0.05, 0) is 32.0 Å². The molecule has 1 fully saturated rings. The summed E-state index contributed by atoms with van der Waals surface area (Å²) in [4.78, 5) is 39.6. The molecule has 0 saturated heterocycles. The molecule has 1 aromatic carbocycles. The van der Waals surface area contributed by atoms with E-state index < -0.39 is 0 Å². The fourth-order valence-electron chi connectivity index (χ4n) is 2.99. The second kappa shape index (κ2) is 9.33. The summed E-state index contributed by atoms with van der Waals surface area (Å²) in [6, 6.07) is 7.20. The molecule has 7 heteroatoms. The topological polar surface area (TPSA) is 81.8 Å². The van der Waals surface area contributed by atoms with E-state index in [1.165, 1.54) is 4.90 Å². The van der Waals surface area contributed by atoms with Gasteiger partial charge >= 0.3 is 0 Å². The lowest BCUT2D eigenvalue weighted by Crippen LogP contribution is -2.38. The van der Waals surface area contributed by atoms with E-state index in [1.807, 2.05) is 0 Å². The summed E-state index contributed by atoms with van der Waals surface area (Å²) in [6.07, 6.45) is 4.29. The van der Waals surface area contributed by atoms with Crippen LogP contribution in [0.15, 0.2) is 24.3 Å². The van der Waals surface area contributed by atoms with Gasteiger partial charge in [-0.25, -0.2) is 0 Å². The van der Waals surface area contributed by atoms with Crippen LogP contribution < -0.4 is 10.6 Å². The van der Waals surface area contributed by atoms with Crippen molar-refractivity contribution in [3.63, 3.8) is 0 Å². The average molecular weight is 360 g/mol. The summed E-state index contributed by atoms with van der Waals surface area (Å²) in [5.74, 6) is -0.499. The summed E-state index contributed by atoms with van der Waals surface area (Å²) < 4.78 is 0. The first-order valence-corrected chi connectivity index (χ1v) is 8.95. The first-order chi connectivity index (χ1) is 12.4. The van der Waals surface area contributed by atoms with Crippen LogP contribution >= 0.6 is 0 Å². The molecular formula is C19H28N4O3. The molecule has 0 aromatic heterocycles. The number of carbonyl (C=O) groups is 3. The maximum atomic E-state index is 12.5. The second-order valence-corrected chi connectivity index (χ2v) is 7.01. The van der Waals surface area contributed by atoms with E-state index in [9.17, 15) is 14.4 Å². The summed E-state index contributed by atoms with van der Waals surface area (Å²) in [6.45, 7) is 0.225. The fourth-order valence-corrected chi connectivity index (χ4v) is 2.99. The highest BCUT2D eigenvalue weighted by Gasteiger charge is 2.20. The molecule has 142 valence electrons. The van der Waals surface area contributed by atoms with Gasteiger partial charge in [0, 0.05) is 20.1 Å². The number of para-hydroxylation sites is 1. The zero-order chi connectivity index (χ0) is 19.1. The van der Waals surface area contributed by atoms with Gasteiger partial charge in [-0.1, -0.05) is 25.0 Å². The van der Waals surface area contributed by atoms with Crippen LogP contribution in [0.3, 0.4) is 0 Å². The van der Waals surface area contributed by atoms with Gasteiger partial charge in [0.05, 0.1) is 24.3 Å². The third-order valence-electron chi connectivity index (χ3n) is 4.45. The largest absolute Gasteiger partial charge is 0.349 e. The number of hydrogen-bond donors (Lipinski definition) is 2. The number of carbonyl (C=O) groups excluding carboxylic acids is 3. The van der Waals surface area contributed by atoms with Gasteiger partial charge in [0.25, 0.3) is 5.91 Å². The van der Waals surface area contributed by atoms with E-state index in [1.54, 1.807) is 50.3 Å². The predicted molar refractivity (Wildman–Crippen MR) is 101 cm³/mol. The van der Waals surface area contributed by atoms with E-state index >= 15 is 0 Å². The van der Waals surface area contributed by atoms with E-state index in [0.29, 0.717) is 11.3 Å². The molecule has 0 unspecified atom stereocenters. The molecule has 0 radical (unpaired) electrons. The Kier molecular flexibility index (Phi) is 7.15. The molecule has 2 N–H and O–H groups in total. The summed E-state index contributed by atoms with van der Waals surface area (Å²) >= 11 is 0. The zero-order valence-corrected chi connectivity index (χ0v) is 15.7. The van der Waals surface area contributed by atoms with Crippen LogP contribution in [0, 0.1) is 0 Å². The Bertz CT molecular complexity index is 654. The minimum atomic E-state index is -0.264. The van der Waals surface area contributed by atoms with Crippen molar-refractivity contribution in [2.24, 2.45) is 0 Å². The van der Waals surface area contributed by atoms with E-state index in [0.717, 1.165) is 25.7 Å². The molecule has 7 nitrogen and oxygen atoms in total. The van der Waals surface area contributed by atoms with Crippen molar-refractivity contribution in [3.8, 4) is 0 Å². The molecule has 0 atom stereocenters. The normalized spacial score (nSPS) is 14.3. The van der Waals surface area contributed by atoms with Gasteiger partial charge in [0.2, 0.25) is 11.8 Å². The number of hydrogen-bond acceptors (Lipinski definition) is 4. The molecule has 0 spiro atoms.